The highest BCUT2D eigenvalue weighted by Crippen LogP contribution is 2.21. The van der Waals surface area contributed by atoms with Crippen LogP contribution in [0.3, 0.4) is 0 Å². The Kier molecular flexibility index (Phi) is 4.55. The summed E-state index contributed by atoms with van der Waals surface area (Å²) >= 11 is 4.96. The number of anilines is 1. The van der Waals surface area contributed by atoms with E-state index >= 15 is 0 Å². The van der Waals surface area contributed by atoms with Crippen LogP contribution in [-0.2, 0) is 6.54 Å². The fourth-order valence-electron chi connectivity index (χ4n) is 1.61. The van der Waals surface area contributed by atoms with E-state index in [0.717, 1.165) is 14.5 Å². The van der Waals surface area contributed by atoms with Crippen LogP contribution in [0.4, 0.5) is 5.69 Å². The Labute approximate surface area is 124 Å². The number of nitrogens with zero attached hydrogens (tertiary/aromatic N) is 2. The number of para-hydroxylation sites is 1. The maximum Gasteiger partial charge on any atom is 0.255 e. The van der Waals surface area contributed by atoms with Crippen molar-refractivity contribution in [2.24, 2.45) is 0 Å². The number of rotatable bonds is 4. The first-order valence-corrected chi connectivity index (χ1v) is 7.33. The zero-order valence-corrected chi connectivity index (χ0v) is 13.1. The molecule has 1 heterocycles. The summed E-state index contributed by atoms with van der Waals surface area (Å²) in [4.78, 5) is 17.9. The minimum atomic E-state index is -0.0107. The second-order valence-electron chi connectivity index (χ2n) is 4.16. The molecule has 0 unspecified atom stereocenters. The molecule has 0 aliphatic heterocycles. The van der Waals surface area contributed by atoms with Crippen LogP contribution in [0.1, 0.15) is 15.4 Å². The Morgan fingerprint density at radius 2 is 2.16 bits per heavy atom. The molecular weight excluding hydrogens is 326 g/mol. The molecule has 1 aromatic heterocycles. The Bertz CT molecular complexity index is 583. The highest BCUT2D eigenvalue weighted by molar-refractivity contribution is 9.11. The van der Waals surface area contributed by atoms with Crippen LogP contribution in [-0.4, -0.2) is 29.9 Å². The Balaban J connectivity index is 2.14. The highest BCUT2D eigenvalue weighted by Gasteiger charge is 2.12. The number of halogens is 1. The van der Waals surface area contributed by atoms with Gasteiger partial charge in [0, 0.05) is 19.8 Å². The third-order valence-electron chi connectivity index (χ3n) is 2.52. The van der Waals surface area contributed by atoms with Crippen LogP contribution < -0.4 is 5.32 Å². The topological polar surface area (TPSA) is 45.2 Å². The van der Waals surface area contributed by atoms with Crippen LogP contribution in [0.2, 0.25) is 0 Å². The van der Waals surface area contributed by atoms with E-state index in [4.69, 9.17) is 0 Å². The number of hydrogen-bond donors (Lipinski definition) is 1. The molecule has 0 radical (unpaired) electrons. The van der Waals surface area contributed by atoms with Gasteiger partial charge in [0.2, 0.25) is 0 Å². The van der Waals surface area contributed by atoms with E-state index in [1.807, 2.05) is 24.3 Å². The van der Waals surface area contributed by atoms with Gasteiger partial charge in [-0.2, -0.15) is 0 Å². The van der Waals surface area contributed by atoms with Crippen LogP contribution in [0.15, 0.2) is 34.2 Å². The summed E-state index contributed by atoms with van der Waals surface area (Å²) in [5.74, 6) is -0.0107. The molecule has 4 nitrogen and oxygen atoms in total. The van der Waals surface area contributed by atoms with Crippen molar-refractivity contribution in [1.82, 2.24) is 9.88 Å². The van der Waals surface area contributed by atoms with E-state index < -0.39 is 0 Å². The highest BCUT2D eigenvalue weighted by atomic mass is 79.9. The number of thiazole rings is 1. The predicted octanol–water partition coefficient (Wildman–Crippen LogP) is 3.22. The van der Waals surface area contributed by atoms with Crippen molar-refractivity contribution in [2.45, 2.75) is 6.54 Å². The van der Waals surface area contributed by atoms with Crippen LogP contribution >= 0.6 is 27.3 Å². The maximum atomic E-state index is 12.0. The number of carbonyl (C=O) groups excluding carboxylic acids is 1. The minimum absolute atomic E-state index is 0.0107. The van der Waals surface area contributed by atoms with Crippen molar-refractivity contribution >= 4 is 38.9 Å². The van der Waals surface area contributed by atoms with E-state index in [-0.39, 0.29) is 5.91 Å². The van der Waals surface area contributed by atoms with Gasteiger partial charge < -0.3 is 10.2 Å². The van der Waals surface area contributed by atoms with Crippen molar-refractivity contribution in [3.63, 3.8) is 0 Å². The first-order chi connectivity index (χ1) is 9.08. The van der Waals surface area contributed by atoms with Gasteiger partial charge in [-0.05, 0) is 28.1 Å². The van der Waals surface area contributed by atoms with Gasteiger partial charge >= 0.3 is 0 Å². The molecule has 1 aromatic carbocycles. The van der Waals surface area contributed by atoms with E-state index in [1.165, 1.54) is 0 Å². The number of nitrogens with one attached hydrogen (secondary N) is 1. The average Bonchev–Trinajstić information content (AvgIpc) is 2.81. The predicted molar refractivity (Wildman–Crippen MR) is 81.6 cm³/mol. The molecule has 0 bridgehead atoms. The summed E-state index contributed by atoms with van der Waals surface area (Å²) < 4.78 is 1.00. The zero-order valence-electron chi connectivity index (χ0n) is 10.7. The van der Waals surface area contributed by atoms with Gasteiger partial charge in [-0.1, -0.05) is 12.1 Å². The second-order valence-corrected chi connectivity index (χ2v) is 6.65. The molecule has 1 N–H and O–H groups in total. The smallest absolute Gasteiger partial charge is 0.255 e. The number of hydrogen-bond acceptors (Lipinski definition) is 4. The largest absolute Gasteiger partial charge is 0.378 e. The molecular formula is C13H14BrN3OS. The summed E-state index contributed by atoms with van der Waals surface area (Å²) in [6, 6.07) is 7.50. The van der Waals surface area contributed by atoms with Gasteiger partial charge in [0.25, 0.3) is 5.91 Å². The molecule has 0 saturated carbocycles. The lowest BCUT2D eigenvalue weighted by atomic mass is 10.1. The fourth-order valence-corrected chi connectivity index (χ4v) is 2.85. The Morgan fingerprint density at radius 1 is 1.42 bits per heavy atom. The molecule has 0 saturated heterocycles. The lowest BCUT2D eigenvalue weighted by molar-refractivity contribution is 0.0828. The number of carbonyl (C=O) groups is 1. The Hall–Kier alpha value is -1.40. The van der Waals surface area contributed by atoms with Gasteiger partial charge in [-0.15, -0.1) is 11.3 Å². The lowest BCUT2D eigenvalue weighted by Crippen LogP contribution is -2.22. The average molecular weight is 340 g/mol. The molecule has 0 fully saturated rings. The molecule has 6 heteroatoms. The van der Waals surface area contributed by atoms with Crippen LogP contribution in [0.5, 0.6) is 0 Å². The molecule has 2 aromatic rings. The first-order valence-electron chi connectivity index (χ1n) is 5.72. The molecule has 0 atom stereocenters. The SMILES string of the molecule is CN(C)C(=O)c1ccccc1NCc1ncc(Br)s1. The summed E-state index contributed by atoms with van der Waals surface area (Å²) in [5, 5.41) is 4.23. The quantitative estimate of drug-likeness (QED) is 0.930. The van der Waals surface area contributed by atoms with E-state index in [9.17, 15) is 4.79 Å². The van der Waals surface area contributed by atoms with Gasteiger partial charge in [-0.25, -0.2) is 4.98 Å². The zero-order chi connectivity index (χ0) is 13.8. The summed E-state index contributed by atoms with van der Waals surface area (Å²) in [6.07, 6.45) is 1.78. The van der Waals surface area contributed by atoms with E-state index in [0.29, 0.717) is 12.1 Å². The monoisotopic (exact) mass is 339 g/mol. The number of benzene rings is 1. The normalized spacial score (nSPS) is 10.3. The van der Waals surface area contributed by atoms with Gasteiger partial charge in [0.15, 0.2) is 0 Å². The van der Waals surface area contributed by atoms with Crippen molar-refractivity contribution in [2.75, 3.05) is 19.4 Å². The van der Waals surface area contributed by atoms with Gasteiger partial charge in [0.1, 0.15) is 5.01 Å². The summed E-state index contributed by atoms with van der Waals surface area (Å²) in [5.41, 5.74) is 1.50. The summed E-state index contributed by atoms with van der Waals surface area (Å²) in [7, 11) is 3.49. The number of amides is 1. The van der Waals surface area contributed by atoms with Crippen molar-refractivity contribution < 1.29 is 4.79 Å². The molecule has 19 heavy (non-hydrogen) atoms. The third-order valence-corrected chi connectivity index (χ3v) is 4.00. The molecule has 0 aliphatic rings. The molecule has 2 rings (SSSR count). The van der Waals surface area contributed by atoms with Gasteiger partial charge in [0.05, 0.1) is 22.1 Å². The standard InChI is InChI=1S/C13H14BrN3OS/c1-17(2)13(18)9-5-3-4-6-10(9)15-8-12-16-7-11(14)19-12/h3-7,15H,8H2,1-2H3. The first kappa shape index (κ1) is 14.0. The molecule has 100 valence electrons. The third kappa shape index (κ3) is 3.54. The van der Waals surface area contributed by atoms with Gasteiger partial charge in [-0.3, -0.25) is 4.79 Å². The number of aromatic nitrogens is 1. The van der Waals surface area contributed by atoms with E-state index in [2.05, 4.69) is 26.2 Å². The maximum absolute atomic E-state index is 12.0. The van der Waals surface area contributed by atoms with Crippen LogP contribution in [0.25, 0.3) is 0 Å². The second kappa shape index (κ2) is 6.16. The lowest BCUT2D eigenvalue weighted by Gasteiger charge is -2.14. The summed E-state index contributed by atoms with van der Waals surface area (Å²) in [6.45, 7) is 0.605. The van der Waals surface area contributed by atoms with Crippen molar-refractivity contribution in [1.29, 1.82) is 0 Å². The minimum Gasteiger partial charge on any atom is -0.378 e. The van der Waals surface area contributed by atoms with E-state index in [1.54, 1.807) is 36.5 Å². The molecule has 1 amide bonds. The van der Waals surface area contributed by atoms with Crippen LogP contribution in [0, 0.1) is 0 Å². The Morgan fingerprint density at radius 3 is 2.79 bits per heavy atom. The molecule has 0 spiro atoms. The molecule has 0 aliphatic carbocycles. The van der Waals surface area contributed by atoms with Crippen molar-refractivity contribution in [3.8, 4) is 0 Å². The fraction of sp³-hybridized carbons (Fsp3) is 0.231. The van der Waals surface area contributed by atoms with Crippen molar-refractivity contribution in [3.05, 3.63) is 44.8 Å².